The second-order valence-electron chi connectivity index (χ2n) is 1.48. The van der Waals surface area contributed by atoms with Crippen LogP contribution in [0.25, 0.3) is 0 Å². The first-order valence-corrected chi connectivity index (χ1v) is 2.41. The molecule has 0 bridgehead atoms. The number of nitrogens with zero attached hydrogens (tertiary/aromatic N) is 1. The van der Waals surface area contributed by atoms with Crippen LogP contribution in [0, 0.1) is 13.3 Å². The Hall–Kier alpha value is 1.75. The number of aliphatic imine (C=N–C) groups is 1. The Morgan fingerprint density at radius 2 is 2.00 bits per heavy atom. The zero-order chi connectivity index (χ0) is 5.70. The molecule has 0 N–H and O–H groups in total. The Morgan fingerprint density at radius 1 is 1.56 bits per heavy atom. The second-order valence-corrected chi connectivity index (χ2v) is 1.48. The average molecular weight is 275 g/mol. The summed E-state index contributed by atoms with van der Waals surface area (Å²) in [7, 11) is 0. The van der Waals surface area contributed by atoms with E-state index in [2.05, 4.69) is 11.9 Å². The Bertz CT molecular complexity index is 62.1. The maximum Gasteiger partial charge on any atom is 0 e. The largest absolute Gasteiger partial charge is 0.358 e. The van der Waals surface area contributed by atoms with Gasteiger partial charge >= 0.3 is 0 Å². The van der Waals surface area contributed by atoms with Crippen LogP contribution in [0.1, 0.15) is 13.8 Å². The molecule has 0 aliphatic heterocycles. The Kier molecular flexibility index (Phi) is 23.5. The summed E-state index contributed by atoms with van der Waals surface area (Å²) in [6, 6.07) is 0.191. The molecular weight excluding hydrogens is 264 g/mol. The number of hydrogen-bond donors (Lipinski definition) is 0. The van der Waals surface area contributed by atoms with Crippen molar-refractivity contribution in [1.82, 2.24) is 0 Å². The summed E-state index contributed by atoms with van der Waals surface area (Å²) in [6.07, 6.45) is 3.65. The fraction of sp³-hybridized carbons (Fsp3) is 0.500. The first-order chi connectivity index (χ1) is 3.27. The predicted octanol–water partition coefficient (Wildman–Crippen LogP) is 1.50. The van der Waals surface area contributed by atoms with Crippen LogP contribution >= 0.6 is 0 Å². The zero-order valence-corrected chi connectivity index (χ0v) is 11.7. The molecule has 0 rings (SSSR count). The van der Waals surface area contributed by atoms with Gasteiger partial charge in [0, 0.05) is 65.4 Å². The summed E-state index contributed by atoms with van der Waals surface area (Å²) in [5, 5.41) is 0. The van der Waals surface area contributed by atoms with Gasteiger partial charge in [0.2, 0.25) is 0 Å². The molecule has 0 aromatic heterocycles. The maximum absolute atomic E-state index is 3.95. The molecule has 0 saturated heterocycles. The molecule has 0 aromatic rings. The van der Waals surface area contributed by atoms with Crippen molar-refractivity contribution in [3.05, 3.63) is 13.3 Å². The minimum absolute atomic E-state index is 0. The molecule has 1 atom stereocenters. The maximum atomic E-state index is 3.95. The quantitative estimate of drug-likeness (QED) is 0.535. The summed E-state index contributed by atoms with van der Waals surface area (Å²) in [6.45, 7) is 7.54. The van der Waals surface area contributed by atoms with Gasteiger partial charge in [0.1, 0.15) is 0 Å². The van der Waals surface area contributed by atoms with Crippen molar-refractivity contribution in [2.24, 2.45) is 4.99 Å². The Morgan fingerprint density at radius 3 is 2.11 bits per heavy atom. The molecule has 0 amide bonds. The fourth-order valence-electron chi connectivity index (χ4n) is 0.233. The summed E-state index contributed by atoms with van der Waals surface area (Å²) >= 11 is 0. The second kappa shape index (κ2) is 12.4. The number of hydrogen-bond acceptors (Lipinski definition) is 1. The van der Waals surface area contributed by atoms with Crippen molar-refractivity contribution in [1.29, 1.82) is 0 Å². The monoisotopic (exact) mass is 275 g/mol. The molecule has 3 heteroatoms. The van der Waals surface area contributed by atoms with Crippen LogP contribution in [-0.4, -0.2) is 12.3 Å². The summed E-state index contributed by atoms with van der Waals surface area (Å²) in [5.74, 6) is 0. The molecule has 0 heterocycles. The molecule has 0 fully saturated rings. The van der Waals surface area contributed by atoms with Crippen LogP contribution in [0.3, 0.4) is 0 Å². The molecule has 0 aliphatic rings. The molecule has 0 aliphatic carbocycles. The van der Waals surface area contributed by atoms with Gasteiger partial charge < -0.3 is 18.3 Å². The van der Waals surface area contributed by atoms with E-state index in [1.807, 2.05) is 20.3 Å². The van der Waals surface area contributed by atoms with Gasteiger partial charge in [0.15, 0.2) is 0 Å². The van der Waals surface area contributed by atoms with E-state index in [4.69, 9.17) is 0 Å². The van der Waals surface area contributed by atoms with Gasteiger partial charge in [-0.15, -0.1) is 6.21 Å². The third-order valence-electron chi connectivity index (χ3n) is 0.490. The zero-order valence-electron chi connectivity index (χ0n) is 6.04. The fourth-order valence-corrected chi connectivity index (χ4v) is 0.233. The van der Waals surface area contributed by atoms with Gasteiger partial charge in [-0.2, -0.15) is 6.92 Å². The van der Waals surface area contributed by atoms with E-state index in [0.29, 0.717) is 0 Å². The minimum Gasteiger partial charge on any atom is -0.358 e. The first-order valence-electron chi connectivity index (χ1n) is 2.41. The van der Waals surface area contributed by atoms with Gasteiger partial charge in [0.25, 0.3) is 0 Å². The third kappa shape index (κ3) is 17.7. The van der Waals surface area contributed by atoms with Gasteiger partial charge in [0.05, 0.1) is 0 Å². The van der Waals surface area contributed by atoms with Crippen LogP contribution in [-0.2, 0) is 65.4 Å². The van der Waals surface area contributed by atoms with Gasteiger partial charge in [-0.05, 0) is 0 Å². The van der Waals surface area contributed by atoms with Crippen LogP contribution in [0.4, 0.5) is 0 Å². The molecule has 1 nitrogen and oxygen atoms in total. The standard InChI is InChI=1S/C6H11N.2Y/c1-4-5-7-6(2)3;;/h4-6H,2H2,1,3H3;;/q-2;;/t6-;;/m1../s1. The molecule has 2 radical (unpaired) electrons. The number of rotatable bonds is 2. The van der Waals surface area contributed by atoms with Gasteiger partial charge in [-0.3, -0.25) is 0 Å². The van der Waals surface area contributed by atoms with Crippen molar-refractivity contribution >= 4 is 6.21 Å². The van der Waals surface area contributed by atoms with Crippen LogP contribution < -0.4 is 0 Å². The molecule has 0 unspecified atom stereocenters. The van der Waals surface area contributed by atoms with Crippen LogP contribution in [0.15, 0.2) is 4.99 Å². The van der Waals surface area contributed by atoms with E-state index in [0.717, 1.165) is 0 Å². The minimum atomic E-state index is 0. The molecule has 9 heavy (non-hydrogen) atoms. The SMILES string of the molecule is [CH2-][C@H](C)N=C[CH-]C.[Y].[Y]. The third-order valence-corrected chi connectivity index (χ3v) is 0.490. The summed E-state index contributed by atoms with van der Waals surface area (Å²) in [5.41, 5.74) is 0. The van der Waals surface area contributed by atoms with Gasteiger partial charge in [-0.25, -0.2) is 0 Å². The van der Waals surface area contributed by atoms with Crippen LogP contribution in [0.5, 0.6) is 0 Å². The molecule has 0 spiro atoms. The smallest absolute Gasteiger partial charge is 0 e. The predicted molar refractivity (Wildman–Crippen MR) is 33.3 cm³/mol. The van der Waals surface area contributed by atoms with Crippen molar-refractivity contribution < 1.29 is 65.4 Å². The van der Waals surface area contributed by atoms with Crippen molar-refractivity contribution in [3.63, 3.8) is 0 Å². The molecule has 0 aromatic carbocycles. The summed E-state index contributed by atoms with van der Waals surface area (Å²) in [4.78, 5) is 3.95. The molecule has 0 saturated carbocycles. The van der Waals surface area contributed by atoms with Crippen molar-refractivity contribution in [2.45, 2.75) is 19.9 Å². The molecule has 48 valence electrons. The summed E-state index contributed by atoms with van der Waals surface area (Å²) < 4.78 is 0. The van der Waals surface area contributed by atoms with E-state index >= 15 is 0 Å². The topological polar surface area (TPSA) is 12.4 Å². The average Bonchev–Trinajstić information content (AvgIpc) is 1.61. The molecular formula is C6H11NY2-2. The normalized spacial score (nSPS) is 11.4. The van der Waals surface area contributed by atoms with E-state index < -0.39 is 0 Å². The van der Waals surface area contributed by atoms with E-state index in [9.17, 15) is 0 Å². The van der Waals surface area contributed by atoms with E-state index in [-0.39, 0.29) is 71.5 Å². The van der Waals surface area contributed by atoms with E-state index in [1.54, 1.807) is 6.21 Å². The van der Waals surface area contributed by atoms with Crippen molar-refractivity contribution in [2.75, 3.05) is 0 Å². The Balaban J connectivity index is -0.000000180. The van der Waals surface area contributed by atoms with E-state index in [1.165, 1.54) is 0 Å². The van der Waals surface area contributed by atoms with Crippen LogP contribution in [0.2, 0.25) is 0 Å². The van der Waals surface area contributed by atoms with Gasteiger partial charge in [-0.1, -0.05) is 13.0 Å². The Labute approximate surface area is 108 Å². The first kappa shape index (κ1) is 17.0. The van der Waals surface area contributed by atoms with Crippen molar-refractivity contribution in [3.8, 4) is 0 Å².